The highest BCUT2D eigenvalue weighted by Crippen LogP contribution is 2.35. The average Bonchev–Trinajstić information content (AvgIpc) is 3.53. The molecule has 0 saturated carbocycles. The first-order chi connectivity index (χ1) is 18.6. The number of hydrogen-bond donors (Lipinski definition) is 0. The van der Waals surface area contributed by atoms with Crippen molar-refractivity contribution in [2.45, 2.75) is 26.7 Å². The van der Waals surface area contributed by atoms with E-state index in [1.54, 1.807) is 0 Å². The maximum absolute atomic E-state index is 12.9. The van der Waals surface area contributed by atoms with Gasteiger partial charge in [0.05, 0.1) is 29.7 Å². The van der Waals surface area contributed by atoms with Gasteiger partial charge in [-0.3, -0.25) is 9.59 Å². The van der Waals surface area contributed by atoms with E-state index in [1.807, 2.05) is 85.4 Å². The van der Waals surface area contributed by atoms with E-state index in [1.165, 1.54) is 11.8 Å². The smallest absolute Gasteiger partial charge is 0.309 e. The Balaban J connectivity index is 1.40. The van der Waals surface area contributed by atoms with E-state index in [9.17, 15) is 9.59 Å². The highest BCUT2D eigenvalue weighted by molar-refractivity contribution is 8.18. The quantitative estimate of drug-likeness (QED) is 0.307. The molecule has 1 amide bonds. The topological polar surface area (TPSA) is 86.0 Å². The van der Waals surface area contributed by atoms with Crippen molar-refractivity contribution in [3.63, 3.8) is 0 Å². The number of ether oxygens (including phenoxy) is 2. The molecular weight excluding hydrogens is 500 g/mol. The molecule has 1 fully saturated rings. The minimum Gasteiger partial charge on any atom is -0.494 e. The van der Waals surface area contributed by atoms with Crippen molar-refractivity contribution in [1.29, 1.82) is 0 Å². The minimum absolute atomic E-state index is 0.0947. The molecule has 0 radical (unpaired) electrons. The molecular formula is C29H30N4O4S. The van der Waals surface area contributed by atoms with Crippen molar-refractivity contribution in [2.75, 3.05) is 26.3 Å². The van der Waals surface area contributed by atoms with Gasteiger partial charge >= 0.3 is 5.97 Å². The van der Waals surface area contributed by atoms with E-state index in [0.717, 1.165) is 28.3 Å². The molecule has 2 aliphatic rings. The van der Waals surface area contributed by atoms with Gasteiger partial charge < -0.3 is 14.4 Å². The summed E-state index contributed by atoms with van der Waals surface area (Å²) >= 11 is 1.37. The van der Waals surface area contributed by atoms with Crippen LogP contribution in [-0.2, 0) is 14.3 Å². The van der Waals surface area contributed by atoms with Crippen molar-refractivity contribution in [3.8, 4) is 22.7 Å². The zero-order valence-electron chi connectivity index (χ0n) is 21.5. The van der Waals surface area contributed by atoms with Crippen LogP contribution in [-0.4, -0.2) is 58.0 Å². The molecule has 2 aromatic carbocycles. The lowest BCUT2D eigenvalue weighted by molar-refractivity contribution is -0.149. The predicted octanol–water partition coefficient (Wildman–Crippen LogP) is 5.18. The van der Waals surface area contributed by atoms with Gasteiger partial charge in [0.1, 0.15) is 11.4 Å². The summed E-state index contributed by atoms with van der Waals surface area (Å²) in [5, 5.41) is 5.55. The molecule has 0 atom stereocenters. The molecule has 9 heteroatoms. The molecule has 2 aliphatic heterocycles. The Hall–Kier alpha value is -3.85. The number of aromatic nitrogens is 2. The second kappa shape index (κ2) is 11.7. The maximum atomic E-state index is 12.9. The lowest BCUT2D eigenvalue weighted by Gasteiger charge is -2.31. The lowest BCUT2D eigenvalue weighted by atomic mass is 9.97. The summed E-state index contributed by atoms with van der Waals surface area (Å²) < 4.78 is 12.7. The molecule has 0 aliphatic carbocycles. The zero-order chi connectivity index (χ0) is 26.5. The van der Waals surface area contributed by atoms with Gasteiger partial charge in [0.25, 0.3) is 5.91 Å². The van der Waals surface area contributed by atoms with Crippen molar-refractivity contribution >= 4 is 34.9 Å². The monoisotopic (exact) mass is 530 g/mol. The fourth-order valence-electron chi connectivity index (χ4n) is 4.57. The number of carbonyl (C=O) groups excluding carboxylic acids is 2. The summed E-state index contributed by atoms with van der Waals surface area (Å²) in [5.74, 6) is 0.268. The fraction of sp³-hybridized carbons (Fsp3) is 0.310. The molecule has 3 aromatic rings. The van der Waals surface area contributed by atoms with Crippen LogP contribution in [0.25, 0.3) is 23.0 Å². The van der Waals surface area contributed by atoms with Crippen molar-refractivity contribution < 1.29 is 19.1 Å². The van der Waals surface area contributed by atoms with Gasteiger partial charge in [-0.1, -0.05) is 30.3 Å². The van der Waals surface area contributed by atoms with Crippen molar-refractivity contribution in [1.82, 2.24) is 14.7 Å². The molecule has 8 nitrogen and oxygen atoms in total. The third-order valence-electron chi connectivity index (χ3n) is 6.46. The van der Waals surface area contributed by atoms with E-state index < -0.39 is 0 Å². The Morgan fingerprint density at radius 3 is 2.61 bits per heavy atom. The standard InChI is InChI=1S/C29H30N4O4S/c1-3-36-24-12-8-9-21(17-24)26-22(19-33(31-26)23-10-6-5-7-11-23)18-25-27(34)30-29(38-25)32-15-13-20(14-16-32)28(35)37-4-2/h5-12,17-20H,3-4,13-16H2,1-2H3/b25-18-. The van der Waals surface area contributed by atoms with E-state index in [2.05, 4.69) is 9.89 Å². The Bertz CT molecular complexity index is 1370. The van der Waals surface area contributed by atoms with Crippen LogP contribution >= 0.6 is 11.8 Å². The number of thioether (sulfide) groups is 1. The number of hydrogen-bond acceptors (Lipinski definition) is 7. The van der Waals surface area contributed by atoms with Gasteiger partial charge in [-0.15, -0.1) is 0 Å². The number of piperidine rings is 1. The number of amides is 1. The number of esters is 1. The lowest BCUT2D eigenvalue weighted by Crippen LogP contribution is -2.39. The van der Waals surface area contributed by atoms with Gasteiger partial charge in [-0.25, -0.2) is 4.68 Å². The van der Waals surface area contributed by atoms with Crippen LogP contribution in [0.3, 0.4) is 0 Å². The number of aliphatic imine (C=N–C) groups is 1. The molecule has 5 rings (SSSR count). The molecule has 1 aromatic heterocycles. The van der Waals surface area contributed by atoms with Crippen LogP contribution in [0, 0.1) is 5.92 Å². The largest absolute Gasteiger partial charge is 0.494 e. The number of likely N-dealkylation sites (tertiary alicyclic amines) is 1. The summed E-state index contributed by atoms with van der Waals surface area (Å²) in [7, 11) is 0. The molecule has 196 valence electrons. The summed E-state index contributed by atoms with van der Waals surface area (Å²) in [5.41, 5.74) is 3.39. The summed E-state index contributed by atoms with van der Waals surface area (Å²) in [6.07, 6.45) is 5.18. The number of benzene rings is 2. The van der Waals surface area contributed by atoms with Crippen molar-refractivity contribution in [3.05, 3.63) is 71.3 Å². The number of amidine groups is 1. The summed E-state index contributed by atoms with van der Waals surface area (Å²) in [4.78, 5) is 32.0. The molecule has 38 heavy (non-hydrogen) atoms. The molecule has 1 saturated heterocycles. The van der Waals surface area contributed by atoms with Gasteiger partial charge in [-0.2, -0.15) is 10.1 Å². The van der Waals surface area contributed by atoms with Crippen LogP contribution < -0.4 is 4.74 Å². The van der Waals surface area contributed by atoms with E-state index in [0.29, 0.717) is 49.2 Å². The van der Waals surface area contributed by atoms with E-state index >= 15 is 0 Å². The summed E-state index contributed by atoms with van der Waals surface area (Å²) in [6, 6.07) is 17.7. The first kappa shape index (κ1) is 25.8. The average molecular weight is 531 g/mol. The second-order valence-corrected chi connectivity index (χ2v) is 10.0. The maximum Gasteiger partial charge on any atom is 0.309 e. The van der Waals surface area contributed by atoms with E-state index in [4.69, 9.17) is 14.6 Å². The van der Waals surface area contributed by atoms with Gasteiger partial charge in [0.15, 0.2) is 5.17 Å². The predicted molar refractivity (Wildman–Crippen MR) is 149 cm³/mol. The minimum atomic E-state index is -0.265. The van der Waals surface area contributed by atoms with Crippen molar-refractivity contribution in [2.24, 2.45) is 10.9 Å². The van der Waals surface area contributed by atoms with Gasteiger partial charge in [0, 0.05) is 30.4 Å². The second-order valence-electron chi connectivity index (χ2n) is 9.00. The highest BCUT2D eigenvalue weighted by atomic mass is 32.2. The number of nitrogens with zero attached hydrogens (tertiary/aromatic N) is 4. The van der Waals surface area contributed by atoms with Crippen LogP contribution in [0.1, 0.15) is 32.3 Å². The fourth-order valence-corrected chi connectivity index (χ4v) is 5.53. The van der Waals surface area contributed by atoms with Crippen LogP contribution in [0.2, 0.25) is 0 Å². The van der Waals surface area contributed by atoms with Crippen LogP contribution in [0.4, 0.5) is 0 Å². The third kappa shape index (κ3) is 5.67. The van der Waals surface area contributed by atoms with Crippen LogP contribution in [0.15, 0.2) is 70.7 Å². The highest BCUT2D eigenvalue weighted by Gasteiger charge is 2.32. The van der Waals surface area contributed by atoms with Gasteiger partial charge in [0.2, 0.25) is 0 Å². The first-order valence-corrected chi connectivity index (χ1v) is 13.7. The van der Waals surface area contributed by atoms with E-state index in [-0.39, 0.29) is 17.8 Å². The third-order valence-corrected chi connectivity index (χ3v) is 7.51. The Morgan fingerprint density at radius 2 is 1.87 bits per heavy atom. The normalized spacial score (nSPS) is 17.1. The van der Waals surface area contributed by atoms with Crippen LogP contribution in [0.5, 0.6) is 5.75 Å². The molecule has 3 heterocycles. The Labute approximate surface area is 226 Å². The Morgan fingerprint density at radius 1 is 1.08 bits per heavy atom. The SMILES string of the molecule is CCOC(=O)C1CCN(C2=NC(=O)/C(=C/c3cn(-c4ccccc4)nc3-c3cccc(OCC)c3)S2)CC1. The zero-order valence-corrected chi connectivity index (χ0v) is 22.3. The summed E-state index contributed by atoms with van der Waals surface area (Å²) in [6.45, 7) is 6.06. The number of carbonyl (C=O) groups is 2. The molecule has 0 bridgehead atoms. The Kier molecular flexibility index (Phi) is 7.93. The van der Waals surface area contributed by atoms with Gasteiger partial charge in [-0.05, 0) is 68.8 Å². The number of para-hydroxylation sites is 1. The number of rotatable bonds is 7. The first-order valence-electron chi connectivity index (χ1n) is 12.9. The molecule has 0 spiro atoms. The molecule has 0 N–H and O–H groups in total. The molecule has 0 unspecified atom stereocenters.